The van der Waals surface area contributed by atoms with Gasteiger partial charge >= 0.3 is 5.69 Å². The highest BCUT2D eigenvalue weighted by Crippen LogP contribution is 2.37. The quantitative estimate of drug-likeness (QED) is 0.223. The molecule has 1 aromatic heterocycles. The molecular weight excluding hydrogens is 524 g/mol. The number of thioether (sulfide) groups is 1. The lowest BCUT2D eigenvalue weighted by molar-refractivity contribution is -0.386. The Morgan fingerprint density at radius 1 is 1.13 bits per heavy atom. The van der Waals surface area contributed by atoms with Crippen LogP contribution in [0.1, 0.15) is 22.3 Å². The number of carbonyl (C=O) groups excluding carboxylic acids is 3. The van der Waals surface area contributed by atoms with E-state index in [0.717, 1.165) is 33.4 Å². The van der Waals surface area contributed by atoms with Crippen LogP contribution in [0, 0.1) is 30.9 Å². The van der Waals surface area contributed by atoms with Crippen molar-refractivity contribution in [1.29, 1.82) is 0 Å². The second kappa shape index (κ2) is 11.4. The second-order valence-electron chi connectivity index (χ2n) is 8.69. The first-order valence-corrected chi connectivity index (χ1v) is 12.5. The highest BCUT2D eigenvalue weighted by atomic mass is 32.2. The predicted molar refractivity (Wildman–Crippen MR) is 146 cm³/mol. The first-order chi connectivity index (χ1) is 18.6. The van der Waals surface area contributed by atoms with Crippen LogP contribution in [0.2, 0.25) is 0 Å². The van der Waals surface area contributed by atoms with E-state index in [0.29, 0.717) is 11.3 Å². The lowest BCUT2D eigenvalue weighted by Crippen LogP contribution is -2.36. The van der Waals surface area contributed by atoms with Crippen molar-refractivity contribution < 1.29 is 28.8 Å². The fraction of sp³-hybridized carbons (Fsp3) is 0.185. The van der Waals surface area contributed by atoms with E-state index >= 15 is 0 Å². The SMILES string of the molecule is COc1cc(/C=C2\SC(=O)N(CC(=O)Nc3c(C)cc(C)cc3C)C2=O)ccc1Oc1ncccc1[N+](=O)[O-]. The van der Waals surface area contributed by atoms with Crippen LogP contribution in [0.5, 0.6) is 17.4 Å². The van der Waals surface area contributed by atoms with Crippen LogP contribution in [0.15, 0.2) is 53.6 Å². The average Bonchev–Trinajstić information content (AvgIpc) is 3.14. The summed E-state index contributed by atoms with van der Waals surface area (Å²) in [7, 11) is 1.39. The van der Waals surface area contributed by atoms with Crippen molar-refractivity contribution in [2.24, 2.45) is 0 Å². The van der Waals surface area contributed by atoms with E-state index in [1.54, 1.807) is 12.1 Å². The van der Waals surface area contributed by atoms with E-state index in [1.807, 2.05) is 32.9 Å². The van der Waals surface area contributed by atoms with Gasteiger partial charge in [-0.05, 0) is 73.5 Å². The number of methoxy groups -OCH3 is 1. The molecule has 0 bridgehead atoms. The summed E-state index contributed by atoms with van der Waals surface area (Å²) in [6.45, 7) is 5.29. The van der Waals surface area contributed by atoms with E-state index in [-0.39, 0.29) is 28.0 Å². The predicted octanol–water partition coefficient (Wildman–Crippen LogP) is 5.39. The summed E-state index contributed by atoms with van der Waals surface area (Å²) in [6.07, 6.45) is 2.86. The largest absolute Gasteiger partial charge is 0.493 e. The van der Waals surface area contributed by atoms with E-state index in [2.05, 4.69) is 10.3 Å². The van der Waals surface area contributed by atoms with Gasteiger partial charge in [-0.15, -0.1) is 0 Å². The Bertz CT molecular complexity index is 1510. The van der Waals surface area contributed by atoms with Gasteiger partial charge in [0.25, 0.3) is 17.0 Å². The summed E-state index contributed by atoms with van der Waals surface area (Å²) in [5.41, 5.74) is 3.68. The van der Waals surface area contributed by atoms with Gasteiger partial charge in [0, 0.05) is 18.0 Å². The molecule has 0 saturated carbocycles. The number of ether oxygens (including phenoxy) is 2. The summed E-state index contributed by atoms with van der Waals surface area (Å²) in [6, 6.07) is 11.2. The smallest absolute Gasteiger partial charge is 0.331 e. The Kier molecular flexibility index (Phi) is 7.96. The molecule has 0 atom stereocenters. The standard InChI is InChI=1S/C27H24N4O7S/c1-15-10-16(2)24(17(3)11-15)29-23(32)14-30-26(33)22(39-27(30)34)13-18-7-8-20(21(12-18)37-4)38-25-19(31(35)36)6-5-9-28-25/h5-13H,14H2,1-4H3,(H,29,32)/b22-13-. The van der Waals surface area contributed by atoms with Gasteiger partial charge in [0.05, 0.1) is 16.9 Å². The van der Waals surface area contributed by atoms with Gasteiger partial charge in [-0.1, -0.05) is 23.8 Å². The number of carbonyl (C=O) groups is 3. The number of benzene rings is 2. The van der Waals surface area contributed by atoms with Gasteiger partial charge in [-0.2, -0.15) is 0 Å². The molecule has 2 heterocycles. The number of aromatic nitrogens is 1. The van der Waals surface area contributed by atoms with E-state index in [9.17, 15) is 24.5 Å². The summed E-state index contributed by atoms with van der Waals surface area (Å²) < 4.78 is 11.0. The molecule has 3 amide bonds. The maximum absolute atomic E-state index is 13.0. The number of nitro groups is 1. The molecule has 0 spiro atoms. The Balaban J connectivity index is 1.50. The molecule has 1 aliphatic rings. The zero-order valence-corrected chi connectivity index (χ0v) is 22.3. The van der Waals surface area contributed by atoms with Crippen LogP contribution in [0.4, 0.5) is 16.2 Å². The van der Waals surface area contributed by atoms with Gasteiger partial charge in [0.2, 0.25) is 5.91 Å². The zero-order chi connectivity index (χ0) is 28.3. The van der Waals surface area contributed by atoms with Gasteiger partial charge in [0.15, 0.2) is 11.5 Å². The molecule has 0 aliphatic carbocycles. The van der Waals surface area contributed by atoms with Crippen molar-refractivity contribution in [2.75, 3.05) is 19.0 Å². The molecule has 11 nitrogen and oxygen atoms in total. The minimum atomic E-state index is -0.608. The third-order valence-corrected chi connectivity index (χ3v) is 6.66. The minimum absolute atomic E-state index is 0.131. The van der Waals surface area contributed by atoms with Crippen LogP contribution in [-0.2, 0) is 9.59 Å². The second-order valence-corrected chi connectivity index (χ2v) is 9.68. The van der Waals surface area contributed by atoms with Crippen molar-refractivity contribution in [1.82, 2.24) is 9.88 Å². The number of anilines is 1. The molecule has 0 unspecified atom stereocenters. The Morgan fingerprint density at radius 3 is 2.51 bits per heavy atom. The molecule has 1 saturated heterocycles. The van der Waals surface area contributed by atoms with Crippen LogP contribution < -0.4 is 14.8 Å². The first-order valence-electron chi connectivity index (χ1n) is 11.7. The Hall–Kier alpha value is -4.71. The van der Waals surface area contributed by atoms with Crippen LogP contribution in [0.3, 0.4) is 0 Å². The van der Waals surface area contributed by atoms with Crippen molar-refractivity contribution in [3.05, 3.63) is 85.9 Å². The number of imide groups is 1. The molecule has 1 aliphatic heterocycles. The normalized spacial score (nSPS) is 14.1. The van der Waals surface area contributed by atoms with Crippen LogP contribution >= 0.6 is 11.8 Å². The first kappa shape index (κ1) is 27.3. The number of hydrogen-bond acceptors (Lipinski definition) is 9. The number of pyridine rings is 1. The summed E-state index contributed by atoms with van der Waals surface area (Å²) in [4.78, 5) is 53.8. The van der Waals surface area contributed by atoms with Gasteiger partial charge in [-0.3, -0.25) is 29.4 Å². The van der Waals surface area contributed by atoms with Gasteiger partial charge < -0.3 is 14.8 Å². The minimum Gasteiger partial charge on any atom is -0.493 e. The third-order valence-electron chi connectivity index (χ3n) is 5.76. The molecule has 1 fully saturated rings. The molecule has 2 aromatic carbocycles. The topological polar surface area (TPSA) is 141 Å². The summed E-state index contributed by atoms with van der Waals surface area (Å²) >= 11 is 0.720. The van der Waals surface area contributed by atoms with E-state index < -0.39 is 28.5 Å². The Labute approximate surface area is 228 Å². The molecule has 0 radical (unpaired) electrons. The summed E-state index contributed by atoms with van der Waals surface area (Å²) in [5.74, 6) is -0.890. The van der Waals surface area contributed by atoms with E-state index in [1.165, 1.54) is 37.6 Å². The lowest BCUT2D eigenvalue weighted by atomic mass is 10.1. The van der Waals surface area contributed by atoms with Crippen LogP contribution in [0.25, 0.3) is 6.08 Å². The number of nitrogens with zero attached hydrogens (tertiary/aromatic N) is 3. The fourth-order valence-corrected chi connectivity index (χ4v) is 4.89. The zero-order valence-electron chi connectivity index (χ0n) is 21.5. The Morgan fingerprint density at radius 2 is 1.85 bits per heavy atom. The molecule has 200 valence electrons. The molecular formula is C27H24N4O7S. The third kappa shape index (κ3) is 6.07. The highest BCUT2D eigenvalue weighted by molar-refractivity contribution is 8.18. The lowest BCUT2D eigenvalue weighted by Gasteiger charge is -2.16. The maximum Gasteiger partial charge on any atom is 0.331 e. The average molecular weight is 549 g/mol. The number of aryl methyl sites for hydroxylation is 3. The molecule has 1 N–H and O–H groups in total. The number of rotatable bonds is 8. The molecule has 4 rings (SSSR count). The number of hydrogen-bond donors (Lipinski definition) is 1. The fourth-order valence-electron chi connectivity index (χ4n) is 4.05. The number of amides is 3. The van der Waals surface area contributed by atoms with Crippen LogP contribution in [-0.4, -0.2) is 45.5 Å². The van der Waals surface area contributed by atoms with E-state index in [4.69, 9.17) is 9.47 Å². The van der Waals surface area contributed by atoms with Crippen molar-refractivity contribution >= 4 is 46.3 Å². The molecule has 3 aromatic rings. The van der Waals surface area contributed by atoms with Crippen molar-refractivity contribution in [2.45, 2.75) is 20.8 Å². The van der Waals surface area contributed by atoms with Gasteiger partial charge in [0.1, 0.15) is 6.54 Å². The number of nitrogens with one attached hydrogen (secondary N) is 1. The maximum atomic E-state index is 13.0. The van der Waals surface area contributed by atoms with Gasteiger partial charge in [-0.25, -0.2) is 4.98 Å². The van der Waals surface area contributed by atoms with Crippen molar-refractivity contribution in [3.8, 4) is 17.4 Å². The molecule has 12 heteroatoms. The highest BCUT2D eigenvalue weighted by Gasteiger charge is 2.36. The molecule has 39 heavy (non-hydrogen) atoms. The monoisotopic (exact) mass is 548 g/mol. The summed E-state index contributed by atoms with van der Waals surface area (Å²) in [5, 5.41) is 13.5. The van der Waals surface area contributed by atoms with Crippen molar-refractivity contribution in [3.63, 3.8) is 0 Å².